The van der Waals surface area contributed by atoms with Crippen LogP contribution < -0.4 is 10.9 Å². The molecule has 0 saturated heterocycles. The third-order valence-electron chi connectivity index (χ3n) is 3.43. The van der Waals surface area contributed by atoms with Crippen LogP contribution in [-0.4, -0.2) is 34.8 Å². The van der Waals surface area contributed by atoms with Crippen molar-refractivity contribution in [1.82, 2.24) is 15.1 Å². The number of fused-ring (bicyclic) bond motifs is 3. The fourth-order valence-corrected chi connectivity index (χ4v) is 2.42. The molecule has 8 heteroatoms. The van der Waals surface area contributed by atoms with Crippen molar-refractivity contribution in [1.29, 1.82) is 0 Å². The summed E-state index contributed by atoms with van der Waals surface area (Å²) in [6, 6.07) is 7.02. The van der Waals surface area contributed by atoms with Crippen LogP contribution in [0, 0.1) is 0 Å². The molecule has 24 heavy (non-hydrogen) atoms. The van der Waals surface area contributed by atoms with Gasteiger partial charge in [-0.05, 0) is 19.1 Å². The highest BCUT2D eigenvalue weighted by Gasteiger charge is 2.15. The lowest BCUT2D eigenvalue weighted by molar-refractivity contribution is -0.143. The lowest BCUT2D eigenvalue weighted by Crippen LogP contribution is -2.33. The van der Waals surface area contributed by atoms with Crippen LogP contribution in [0.1, 0.15) is 6.92 Å². The molecule has 1 amide bonds. The van der Waals surface area contributed by atoms with E-state index >= 15 is 0 Å². The van der Waals surface area contributed by atoms with Gasteiger partial charge in [0.2, 0.25) is 5.91 Å². The minimum Gasteiger partial charge on any atom is -0.465 e. The molecular weight excluding hydrogens is 314 g/mol. The van der Waals surface area contributed by atoms with Crippen LogP contribution in [0.4, 0.5) is 0 Å². The Bertz CT molecular complexity index is 973. The number of amides is 1. The van der Waals surface area contributed by atoms with E-state index in [1.54, 1.807) is 31.2 Å². The van der Waals surface area contributed by atoms with Gasteiger partial charge in [-0.3, -0.25) is 14.3 Å². The van der Waals surface area contributed by atoms with Gasteiger partial charge in [0.1, 0.15) is 24.1 Å². The summed E-state index contributed by atoms with van der Waals surface area (Å²) in [4.78, 5) is 35.3. The molecule has 0 aliphatic rings. The maximum Gasteiger partial charge on any atom is 0.347 e. The molecule has 3 rings (SSSR count). The summed E-state index contributed by atoms with van der Waals surface area (Å²) in [5.74, 6) is -0.923. The topological polar surface area (TPSA) is 103 Å². The zero-order chi connectivity index (χ0) is 17.1. The molecule has 1 aromatic carbocycles. The first-order valence-corrected chi connectivity index (χ1v) is 7.40. The first-order valence-electron chi connectivity index (χ1n) is 7.40. The van der Waals surface area contributed by atoms with Gasteiger partial charge in [-0.2, -0.15) is 5.10 Å². The summed E-state index contributed by atoms with van der Waals surface area (Å²) in [5.41, 5.74) is 0.429. The molecule has 0 spiro atoms. The Kier molecular flexibility index (Phi) is 4.28. The van der Waals surface area contributed by atoms with Crippen molar-refractivity contribution in [3.63, 3.8) is 0 Å². The van der Waals surface area contributed by atoms with Gasteiger partial charge in [-0.25, -0.2) is 4.79 Å². The van der Waals surface area contributed by atoms with Crippen molar-refractivity contribution in [2.24, 2.45) is 0 Å². The highest BCUT2D eigenvalue weighted by atomic mass is 16.5. The Labute approximate surface area is 136 Å². The minimum absolute atomic E-state index is 0.129. The number of benzene rings is 1. The number of esters is 1. The number of hydrogen-bond donors (Lipinski definition) is 1. The summed E-state index contributed by atoms with van der Waals surface area (Å²) in [7, 11) is 0. The van der Waals surface area contributed by atoms with E-state index in [1.165, 1.54) is 10.9 Å². The predicted molar refractivity (Wildman–Crippen MR) is 85.4 cm³/mol. The molecule has 8 nitrogen and oxygen atoms in total. The van der Waals surface area contributed by atoms with Gasteiger partial charge in [0.15, 0.2) is 0 Å². The van der Waals surface area contributed by atoms with E-state index in [1.807, 2.05) is 0 Å². The van der Waals surface area contributed by atoms with Crippen LogP contribution in [0.2, 0.25) is 0 Å². The van der Waals surface area contributed by atoms with E-state index in [0.717, 1.165) is 0 Å². The number of hydrogen-bond acceptors (Lipinski definition) is 6. The standard InChI is InChI=1S/C16H15N3O5/c1-2-23-14(21)8-17-13(20)9-19-15-10-5-3-4-6-12(10)24-16(22)11(15)7-18-19/h3-7H,2,8-9H2,1H3,(H,17,20). The van der Waals surface area contributed by atoms with Crippen molar-refractivity contribution >= 4 is 33.7 Å². The quantitative estimate of drug-likeness (QED) is 0.549. The average molecular weight is 329 g/mol. The minimum atomic E-state index is -0.512. The fraction of sp³-hybridized carbons (Fsp3) is 0.250. The average Bonchev–Trinajstić information content (AvgIpc) is 2.98. The van der Waals surface area contributed by atoms with E-state index < -0.39 is 17.5 Å². The zero-order valence-electron chi connectivity index (χ0n) is 12.9. The van der Waals surface area contributed by atoms with Gasteiger partial charge < -0.3 is 14.5 Å². The van der Waals surface area contributed by atoms with Crippen LogP contribution in [0.25, 0.3) is 21.9 Å². The van der Waals surface area contributed by atoms with Crippen molar-refractivity contribution in [2.45, 2.75) is 13.5 Å². The second-order valence-electron chi connectivity index (χ2n) is 5.03. The van der Waals surface area contributed by atoms with Crippen LogP contribution >= 0.6 is 0 Å². The Morgan fingerprint density at radius 2 is 2.08 bits per heavy atom. The largest absolute Gasteiger partial charge is 0.465 e. The molecule has 0 aliphatic carbocycles. The van der Waals surface area contributed by atoms with Crippen molar-refractivity contribution in [2.75, 3.05) is 13.2 Å². The maximum absolute atomic E-state index is 12.0. The molecule has 0 fully saturated rings. The molecule has 3 aromatic rings. The lowest BCUT2D eigenvalue weighted by Gasteiger charge is -2.07. The molecule has 0 atom stereocenters. The number of nitrogens with one attached hydrogen (secondary N) is 1. The summed E-state index contributed by atoms with van der Waals surface area (Å²) < 4.78 is 11.4. The number of ether oxygens (including phenoxy) is 1. The van der Waals surface area contributed by atoms with E-state index in [9.17, 15) is 14.4 Å². The summed E-state index contributed by atoms with van der Waals surface area (Å²) in [6.07, 6.45) is 1.37. The van der Waals surface area contributed by atoms with Crippen LogP contribution in [0.15, 0.2) is 39.7 Å². The van der Waals surface area contributed by atoms with Crippen molar-refractivity contribution in [3.05, 3.63) is 40.9 Å². The number of rotatable bonds is 5. The van der Waals surface area contributed by atoms with E-state index in [-0.39, 0.29) is 19.7 Å². The molecule has 124 valence electrons. The number of aromatic nitrogens is 2. The van der Waals surface area contributed by atoms with Crippen LogP contribution in [0.3, 0.4) is 0 Å². The number of carbonyl (C=O) groups excluding carboxylic acids is 2. The molecule has 0 unspecified atom stereocenters. The van der Waals surface area contributed by atoms with E-state index in [2.05, 4.69) is 10.4 Å². The smallest absolute Gasteiger partial charge is 0.347 e. The molecule has 0 aliphatic heterocycles. The van der Waals surface area contributed by atoms with Crippen LogP contribution in [-0.2, 0) is 20.9 Å². The van der Waals surface area contributed by atoms with Gasteiger partial charge in [0.25, 0.3) is 0 Å². The highest BCUT2D eigenvalue weighted by Crippen LogP contribution is 2.22. The zero-order valence-corrected chi connectivity index (χ0v) is 12.9. The Balaban J connectivity index is 1.89. The predicted octanol–water partition coefficient (Wildman–Crippen LogP) is 0.822. The third-order valence-corrected chi connectivity index (χ3v) is 3.43. The Morgan fingerprint density at radius 3 is 2.88 bits per heavy atom. The van der Waals surface area contributed by atoms with Gasteiger partial charge in [0, 0.05) is 5.39 Å². The monoisotopic (exact) mass is 329 g/mol. The lowest BCUT2D eigenvalue weighted by atomic mass is 10.2. The van der Waals surface area contributed by atoms with E-state index in [4.69, 9.17) is 9.15 Å². The first kappa shape index (κ1) is 15.7. The molecule has 0 radical (unpaired) electrons. The number of carbonyl (C=O) groups is 2. The van der Waals surface area contributed by atoms with Gasteiger partial charge in [-0.1, -0.05) is 12.1 Å². The van der Waals surface area contributed by atoms with Gasteiger partial charge >= 0.3 is 11.6 Å². The second-order valence-corrected chi connectivity index (χ2v) is 5.03. The molecule has 2 heterocycles. The Morgan fingerprint density at radius 1 is 1.29 bits per heavy atom. The first-order chi connectivity index (χ1) is 11.6. The SMILES string of the molecule is CCOC(=O)CNC(=O)Cn1ncc2c(=O)oc3ccccc3c21. The normalized spacial score (nSPS) is 10.9. The van der Waals surface area contributed by atoms with Crippen LogP contribution in [0.5, 0.6) is 0 Å². The summed E-state index contributed by atoms with van der Waals surface area (Å²) >= 11 is 0. The molecule has 0 bridgehead atoms. The van der Waals surface area contributed by atoms with Gasteiger partial charge in [0.05, 0.1) is 18.3 Å². The van der Waals surface area contributed by atoms with Crippen molar-refractivity contribution < 1.29 is 18.7 Å². The highest BCUT2D eigenvalue weighted by molar-refractivity contribution is 6.02. The summed E-state index contributed by atoms with van der Waals surface area (Å²) in [5, 5.41) is 7.53. The molecular formula is C16H15N3O5. The fourth-order valence-electron chi connectivity index (χ4n) is 2.42. The Hall–Kier alpha value is -3.16. The second kappa shape index (κ2) is 6.53. The molecule has 1 N–H and O–H groups in total. The summed E-state index contributed by atoms with van der Waals surface area (Å²) in [6.45, 7) is 1.59. The van der Waals surface area contributed by atoms with E-state index in [0.29, 0.717) is 21.9 Å². The molecule has 0 saturated carbocycles. The third kappa shape index (κ3) is 2.98. The maximum atomic E-state index is 12.0. The number of nitrogens with zero attached hydrogens (tertiary/aromatic N) is 2. The number of para-hydroxylation sites is 1. The van der Waals surface area contributed by atoms with Crippen molar-refractivity contribution in [3.8, 4) is 0 Å². The van der Waals surface area contributed by atoms with Gasteiger partial charge in [-0.15, -0.1) is 0 Å². The molecule has 2 aromatic heterocycles.